The maximum atomic E-state index is 11.7. The number of hydrogen-bond acceptors (Lipinski definition) is 9. The van der Waals surface area contributed by atoms with Crippen LogP contribution in [-0.4, -0.2) is 69.5 Å². The number of aliphatic hydroxyl groups is 5. The van der Waals surface area contributed by atoms with Gasteiger partial charge in [0.1, 0.15) is 35.3 Å². The fourth-order valence-electron chi connectivity index (χ4n) is 7.70. The standard InChI is InChI=1S/C24H32O9/c1-30-15-2-3-17(23(29)19(26)18(10-25)31-22(28)20(23)27)16(9-15)21-24(33-32-21)13-5-11-4-12(7-13)8-14(24)6-11/h2-3,9,11-14,18-22,25-29H,4-8,10H2,1H3/t11?,12?,13?,14?,18-,19+,20+,21?,22-,23+,24?/m1/s1. The molecule has 1 aromatic rings. The maximum absolute atomic E-state index is 11.7. The van der Waals surface area contributed by atoms with E-state index >= 15 is 0 Å². The van der Waals surface area contributed by atoms with Gasteiger partial charge in [0.25, 0.3) is 0 Å². The molecule has 1 spiro atoms. The summed E-state index contributed by atoms with van der Waals surface area (Å²) in [4.78, 5) is 11.7. The normalized spacial score (nSPS) is 50.4. The summed E-state index contributed by atoms with van der Waals surface area (Å²) < 4.78 is 10.6. The zero-order chi connectivity index (χ0) is 23.1. The third-order valence-corrected chi connectivity index (χ3v) is 9.10. The number of rotatable bonds is 4. The largest absolute Gasteiger partial charge is 0.497 e. The van der Waals surface area contributed by atoms with Crippen LogP contribution < -0.4 is 4.74 Å². The molecule has 6 fully saturated rings. The van der Waals surface area contributed by atoms with Crippen LogP contribution in [0.2, 0.25) is 0 Å². The molecule has 2 aliphatic heterocycles. The zero-order valence-corrected chi connectivity index (χ0v) is 18.5. The predicted molar refractivity (Wildman–Crippen MR) is 112 cm³/mol. The van der Waals surface area contributed by atoms with Crippen molar-refractivity contribution in [2.75, 3.05) is 13.7 Å². The van der Waals surface area contributed by atoms with Crippen molar-refractivity contribution in [2.45, 2.75) is 74.0 Å². The highest BCUT2D eigenvalue weighted by molar-refractivity contribution is 5.44. The summed E-state index contributed by atoms with van der Waals surface area (Å²) in [6.07, 6.45) is -1.51. The van der Waals surface area contributed by atoms with Crippen molar-refractivity contribution in [3.63, 3.8) is 0 Å². The van der Waals surface area contributed by atoms with Crippen molar-refractivity contribution >= 4 is 0 Å². The van der Waals surface area contributed by atoms with Gasteiger partial charge in [0.05, 0.1) is 13.7 Å². The van der Waals surface area contributed by atoms with Gasteiger partial charge in [-0.25, -0.2) is 9.78 Å². The molecule has 0 radical (unpaired) electrons. The number of benzene rings is 1. The van der Waals surface area contributed by atoms with E-state index in [0.29, 0.717) is 23.1 Å². The Morgan fingerprint density at radius 1 is 1.00 bits per heavy atom. The Morgan fingerprint density at radius 3 is 2.21 bits per heavy atom. The summed E-state index contributed by atoms with van der Waals surface area (Å²) in [6.45, 7) is -0.640. The van der Waals surface area contributed by atoms with Crippen LogP contribution in [0.4, 0.5) is 0 Å². The van der Waals surface area contributed by atoms with E-state index in [1.165, 1.54) is 13.5 Å². The second-order valence-corrected chi connectivity index (χ2v) is 10.6. The highest BCUT2D eigenvalue weighted by Crippen LogP contribution is 2.67. The first kappa shape index (κ1) is 22.2. The summed E-state index contributed by atoms with van der Waals surface area (Å²) in [5.41, 5.74) is -2.09. The average Bonchev–Trinajstić information content (AvgIpc) is 2.79. The minimum atomic E-state index is -2.31. The topological polar surface area (TPSA) is 138 Å². The van der Waals surface area contributed by atoms with Crippen LogP contribution in [0.1, 0.15) is 49.3 Å². The molecule has 9 heteroatoms. The summed E-state index contributed by atoms with van der Waals surface area (Å²) in [5.74, 6) is 2.64. The van der Waals surface area contributed by atoms with Gasteiger partial charge in [-0.15, -0.1) is 0 Å². The molecule has 9 nitrogen and oxygen atoms in total. The van der Waals surface area contributed by atoms with Crippen molar-refractivity contribution in [1.82, 2.24) is 0 Å². The Balaban J connectivity index is 1.46. The summed E-state index contributed by atoms with van der Waals surface area (Å²) in [6, 6.07) is 4.93. The van der Waals surface area contributed by atoms with Crippen LogP contribution in [0.25, 0.3) is 0 Å². The van der Waals surface area contributed by atoms with E-state index in [2.05, 4.69) is 0 Å². The molecule has 0 amide bonds. The lowest BCUT2D eigenvalue weighted by Gasteiger charge is -2.65. The molecule has 6 aliphatic rings. The predicted octanol–water partition coefficient (Wildman–Crippen LogP) is 0.512. The number of methoxy groups -OCH3 is 1. The van der Waals surface area contributed by atoms with Crippen molar-refractivity contribution in [1.29, 1.82) is 0 Å². The Kier molecular flexibility index (Phi) is 5.11. The molecule has 2 heterocycles. The Hall–Kier alpha value is -1.30. The molecule has 0 aromatic heterocycles. The lowest BCUT2D eigenvalue weighted by Crippen LogP contribution is -2.68. The molecule has 4 saturated carbocycles. The molecular formula is C24H32O9. The van der Waals surface area contributed by atoms with Crippen LogP contribution in [-0.2, 0) is 20.1 Å². The van der Waals surface area contributed by atoms with Crippen LogP contribution in [0.5, 0.6) is 5.75 Å². The van der Waals surface area contributed by atoms with E-state index in [4.69, 9.17) is 19.2 Å². The second kappa shape index (κ2) is 7.60. The molecule has 1 unspecified atom stereocenters. The fraction of sp³-hybridized carbons (Fsp3) is 0.750. The fourth-order valence-corrected chi connectivity index (χ4v) is 7.70. The molecule has 5 N–H and O–H groups in total. The molecule has 7 rings (SSSR count). The molecular weight excluding hydrogens is 432 g/mol. The first-order valence-electron chi connectivity index (χ1n) is 11.9. The maximum Gasteiger partial charge on any atom is 0.184 e. The molecule has 6 atom stereocenters. The van der Waals surface area contributed by atoms with E-state index in [0.717, 1.165) is 37.5 Å². The highest BCUT2D eigenvalue weighted by atomic mass is 17.3. The van der Waals surface area contributed by atoms with Crippen molar-refractivity contribution < 1.29 is 44.8 Å². The van der Waals surface area contributed by atoms with E-state index in [1.54, 1.807) is 18.2 Å². The van der Waals surface area contributed by atoms with Crippen LogP contribution in [0, 0.1) is 23.7 Å². The smallest absolute Gasteiger partial charge is 0.184 e. The molecule has 33 heavy (non-hydrogen) atoms. The van der Waals surface area contributed by atoms with Gasteiger partial charge < -0.3 is 35.0 Å². The van der Waals surface area contributed by atoms with Gasteiger partial charge in [0.15, 0.2) is 12.4 Å². The van der Waals surface area contributed by atoms with Gasteiger partial charge in [-0.1, -0.05) is 6.07 Å². The minimum absolute atomic E-state index is 0.200. The van der Waals surface area contributed by atoms with E-state index in [-0.39, 0.29) is 5.56 Å². The van der Waals surface area contributed by atoms with Gasteiger partial charge in [-0.3, -0.25) is 0 Å². The van der Waals surface area contributed by atoms with E-state index < -0.39 is 48.5 Å². The molecule has 4 aliphatic carbocycles. The molecule has 2 saturated heterocycles. The van der Waals surface area contributed by atoms with Gasteiger partial charge in [0.2, 0.25) is 0 Å². The zero-order valence-electron chi connectivity index (χ0n) is 18.5. The number of hydrogen-bond donors (Lipinski definition) is 5. The first-order chi connectivity index (χ1) is 15.8. The number of aliphatic hydroxyl groups excluding tert-OH is 4. The third kappa shape index (κ3) is 2.88. The van der Waals surface area contributed by atoms with Crippen LogP contribution >= 0.6 is 0 Å². The molecule has 4 bridgehead atoms. The van der Waals surface area contributed by atoms with Crippen molar-refractivity contribution in [3.05, 3.63) is 29.3 Å². The highest BCUT2D eigenvalue weighted by Gasteiger charge is 2.69. The van der Waals surface area contributed by atoms with Gasteiger partial charge in [-0.2, -0.15) is 0 Å². The average molecular weight is 465 g/mol. The van der Waals surface area contributed by atoms with E-state index in [9.17, 15) is 25.5 Å². The monoisotopic (exact) mass is 464 g/mol. The summed E-state index contributed by atoms with van der Waals surface area (Å²) in [5, 5.41) is 53.4. The summed E-state index contributed by atoms with van der Waals surface area (Å²) >= 11 is 0. The Labute approximate surface area is 191 Å². The van der Waals surface area contributed by atoms with Gasteiger partial charge in [-0.05, 0) is 79.0 Å². The quantitative estimate of drug-likeness (QED) is 0.404. The Bertz CT molecular complexity index is 893. The first-order valence-corrected chi connectivity index (χ1v) is 11.9. The van der Waals surface area contributed by atoms with Crippen molar-refractivity contribution in [3.8, 4) is 5.75 Å². The van der Waals surface area contributed by atoms with E-state index in [1.807, 2.05) is 0 Å². The van der Waals surface area contributed by atoms with Gasteiger partial charge in [0, 0.05) is 0 Å². The van der Waals surface area contributed by atoms with Crippen LogP contribution in [0.15, 0.2) is 18.2 Å². The minimum Gasteiger partial charge on any atom is -0.497 e. The molecule has 1 aromatic carbocycles. The lowest BCUT2D eigenvalue weighted by molar-refractivity contribution is -0.551. The Morgan fingerprint density at radius 2 is 1.67 bits per heavy atom. The summed E-state index contributed by atoms with van der Waals surface area (Å²) in [7, 11) is 1.54. The lowest BCUT2D eigenvalue weighted by atomic mass is 9.47. The van der Waals surface area contributed by atoms with Crippen LogP contribution in [0.3, 0.4) is 0 Å². The number of ether oxygens (including phenoxy) is 2. The van der Waals surface area contributed by atoms with Gasteiger partial charge >= 0.3 is 0 Å². The molecule has 182 valence electrons. The van der Waals surface area contributed by atoms with Crippen molar-refractivity contribution in [2.24, 2.45) is 23.7 Å². The third-order valence-electron chi connectivity index (χ3n) is 9.10. The second-order valence-electron chi connectivity index (χ2n) is 10.6. The SMILES string of the molecule is COc1ccc([C@@]2(O)[C@@H](O)[C@H](O)O[C@H](CO)[C@@H]2O)c(C2OOC23C2CC4CC(C2)CC3C4)c1.